The zero-order valence-corrected chi connectivity index (χ0v) is 10.7. The molecule has 0 spiro atoms. The number of rotatable bonds is 4. The molecule has 2 aromatic rings. The maximum absolute atomic E-state index is 13.3. The molecule has 18 heavy (non-hydrogen) atoms. The number of nitrogens with one attached hydrogen (secondary N) is 1. The molecule has 0 saturated heterocycles. The lowest BCUT2D eigenvalue weighted by molar-refractivity contribution is 0.601. The van der Waals surface area contributed by atoms with Gasteiger partial charge in [0, 0.05) is 11.2 Å². The number of hydrogen-bond acceptors (Lipinski definition) is 3. The van der Waals surface area contributed by atoms with E-state index in [-0.39, 0.29) is 11.9 Å². The summed E-state index contributed by atoms with van der Waals surface area (Å²) in [5.74, 6) is -0.306. The summed E-state index contributed by atoms with van der Waals surface area (Å²) >= 11 is 6.13. The molecule has 1 heterocycles. The molecule has 0 amide bonds. The van der Waals surface area contributed by atoms with Crippen LogP contribution in [-0.2, 0) is 0 Å². The quantitative estimate of drug-likeness (QED) is 0.924. The Morgan fingerprint density at radius 3 is 2.83 bits per heavy atom. The predicted octanol–water partition coefficient (Wildman–Crippen LogP) is 2.97. The number of benzene rings is 1. The number of nitrogens with zero attached hydrogens (tertiary/aromatic N) is 2. The normalized spacial score (nSPS) is 12.4. The molecule has 0 radical (unpaired) electrons. The first-order valence-electron chi connectivity index (χ1n) is 5.67. The molecular weight excluding hydrogens is 253 g/mol. The van der Waals surface area contributed by atoms with E-state index in [4.69, 9.17) is 11.6 Å². The van der Waals surface area contributed by atoms with Crippen molar-refractivity contribution < 1.29 is 4.39 Å². The van der Waals surface area contributed by atoms with Crippen molar-refractivity contribution >= 4 is 11.6 Å². The fourth-order valence-corrected chi connectivity index (χ4v) is 2.05. The van der Waals surface area contributed by atoms with E-state index in [1.54, 1.807) is 18.5 Å². The molecule has 1 aromatic carbocycles. The Kier molecular flexibility index (Phi) is 4.23. The minimum absolute atomic E-state index is 0.186. The van der Waals surface area contributed by atoms with Crippen LogP contribution in [-0.4, -0.2) is 16.7 Å². The first-order valence-corrected chi connectivity index (χ1v) is 6.05. The van der Waals surface area contributed by atoms with Gasteiger partial charge in [0.05, 0.1) is 12.2 Å². The number of hydrogen-bond donors (Lipinski definition) is 1. The maximum Gasteiger partial charge on any atom is 0.123 e. The summed E-state index contributed by atoms with van der Waals surface area (Å²) in [5.41, 5.74) is 1.60. The SMILES string of the molecule is CCNC(c1ccnnc1)c1cc(F)ccc1Cl. The minimum Gasteiger partial charge on any atom is -0.306 e. The van der Waals surface area contributed by atoms with Crippen LogP contribution in [0.2, 0.25) is 5.02 Å². The molecule has 3 nitrogen and oxygen atoms in total. The third kappa shape index (κ3) is 2.83. The average Bonchev–Trinajstić information content (AvgIpc) is 2.40. The molecule has 0 aliphatic heterocycles. The highest BCUT2D eigenvalue weighted by molar-refractivity contribution is 6.31. The molecule has 0 aliphatic rings. The first kappa shape index (κ1) is 12.9. The molecule has 1 unspecified atom stereocenters. The third-order valence-electron chi connectivity index (χ3n) is 2.62. The van der Waals surface area contributed by atoms with Gasteiger partial charge in [0.25, 0.3) is 0 Å². The molecule has 1 atom stereocenters. The highest BCUT2D eigenvalue weighted by atomic mass is 35.5. The summed E-state index contributed by atoms with van der Waals surface area (Å²) in [7, 11) is 0. The van der Waals surface area contributed by atoms with Gasteiger partial charge in [0.15, 0.2) is 0 Å². The average molecular weight is 266 g/mol. The highest BCUT2D eigenvalue weighted by Gasteiger charge is 2.17. The highest BCUT2D eigenvalue weighted by Crippen LogP contribution is 2.28. The maximum atomic E-state index is 13.3. The van der Waals surface area contributed by atoms with Gasteiger partial charge in [-0.3, -0.25) is 0 Å². The van der Waals surface area contributed by atoms with Crippen LogP contribution in [0.1, 0.15) is 24.1 Å². The molecular formula is C13H13ClFN3. The van der Waals surface area contributed by atoms with Crippen molar-refractivity contribution in [2.75, 3.05) is 6.54 Å². The van der Waals surface area contributed by atoms with Crippen LogP contribution in [0.25, 0.3) is 0 Å². The second-order valence-corrected chi connectivity index (χ2v) is 4.24. The van der Waals surface area contributed by atoms with E-state index in [0.717, 1.165) is 12.1 Å². The molecule has 1 N–H and O–H groups in total. The molecule has 0 bridgehead atoms. The van der Waals surface area contributed by atoms with Crippen LogP contribution in [0.15, 0.2) is 36.7 Å². The summed E-state index contributed by atoms with van der Waals surface area (Å²) in [5, 5.41) is 11.4. The van der Waals surface area contributed by atoms with Gasteiger partial charge in [-0.25, -0.2) is 4.39 Å². The van der Waals surface area contributed by atoms with Crippen LogP contribution in [0, 0.1) is 5.82 Å². The summed E-state index contributed by atoms with van der Waals surface area (Å²) in [6.07, 6.45) is 3.25. The Labute approximate surface area is 110 Å². The standard InChI is InChI=1S/C13H13ClFN3/c1-2-16-13(9-5-6-17-18-8-9)11-7-10(15)3-4-12(11)14/h3-8,13,16H,2H2,1H3. The first-order chi connectivity index (χ1) is 8.72. The van der Waals surface area contributed by atoms with Gasteiger partial charge in [-0.15, -0.1) is 0 Å². The van der Waals surface area contributed by atoms with Crippen molar-refractivity contribution in [1.82, 2.24) is 15.5 Å². The lowest BCUT2D eigenvalue weighted by Crippen LogP contribution is -2.22. The van der Waals surface area contributed by atoms with E-state index in [0.29, 0.717) is 10.6 Å². The zero-order valence-electron chi connectivity index (χ0n) is 9.90. The fraction of sp³-hybridized carbons (Fsp3) is 0.231. The van der Waals surface area contributed by atoms with Crippen molar-refractivity contribution in [3.05, 3.63) is 58.6 Å². The van der Waals surface area contributed by atoms with E-state index < -0.39 is 0 Å². The van der Waals surface area contributed by atoms with Gasteiger partial charge in [0.1, 0.15) is 5.82 Å². The van der Waals surface area contributed by atoms with E-state index >= 15 is 0 Å². The Morgan fingerprint density at radius 2 is 2.17 bits per heavy atom. The number of aromatic nitrogens is 2. The van der Waals surface area contributed by atoms with Crippen LogP contribution in [0.5, 0.6) is 0 Å². The van der Waals surface area contributed by atoms with Gasteiger partial charge < -0.3 is 5.32 Å². The van der Waals surface area contributed by atoms with Crippen molar-refractivity contribution in [2.24, 2.45) is 0 Å². The third-order valence-corrected chi connectivity index (χ3v) is 2.96. The zero-order chi connectivity index (χ0) is 13.0. The van der Waals surface area contributed by atoms with Gasteiger partial charge >= 0.3 is 0 Å². The number of halogens is 2. The fourth-order valence-electron chi connectivity index (χ4n) is 1.82. The van der Waals surface area contributed by atoms with Gasteiger partial charge in [0.2, 0.25) is 0 Å². The van der Waals surface area contributed by atoms with Crippen molar-refractivity contribution in [3.8, 4) is 0 Å². The van der Waals surface area contributed by atoms with Crippen LogP contribution in [0.3, 0.4) is 0 Å². The minimum atomic E-state index is -0.306. The van der Waals surface area contributed by atoms with Crippen LogP contribution >= 0.6 is 11.6 Å². The van der Waals surface area contributed by atoms with Crippen LogP contribution < -0.4 is 5.32 Å². The largest absolute Gasteiger partial charge is 0.306 e. The van der Waals surface area contributed by atoms with E-state index in [1.165, 1.54) is 12.1 Å². The Bertz CT molecular complexity index is 519. The van der Waals surface area contributed by atoms with Crippen LogP contribution in [0.4, 0.5) is 4.39 Å². The molecule has 0 fully saturated rings. The summed E-state index contributed by atoms with van der Waals surface area (Å²) in [6.45, 7) is 2.72. The van der Waals surface area contributed by atoms with Gasteiger partial charge in [-0.05, 0) is 41.9 Å². The monoisotopic (exact) mass is 265 g/mol. The smallest absolute Gasteiger partial charge is 0.123 e. The molecule has 94 valence electrons. The second kappa shape index (κ2) is 5.89. The topological polar surface area (TPSA) is 37.8 Å². The van der Waals surface area contributed by atoms with E-state index in [2.05, 4.69) is 15.5 Å². The molecule has 2 rings (SSSR count). The van der Waals surface area contributed by atoms with Crippen molar-refractivity contribution in [3.63, 3.8) is 0 Å². The van der Waals surface area contributed by atoms with E-state index in [1.807, 2.05) is 13.0 Å². The second-order valence-electron chi connectivity index (χ2n) is 3.83. The molecule has 5 heteroatoms. The lowest BCUT2D eigenvalue weighted by Gasteiger charge is -2.19. The Hall–Kier alpha value is -1.52. The molecule has 0 aliphatic carbocycles. The van der Waals surface area contributed by atoms with Crippen molar-refractivity contribution in [2.45, 2.75) is 13.0 Å². The Morgan fingerprint density at radius 1 is 1.33 bits per heavy atom. The van der Waals surface area contributed by atoms with Crippen molar-refractivity contribution in [1.29, 1.82) is 0 Å². The summed E-state index contributed by atoms with van der Waals surface area (Å²) in [4.78, 5) is 0. The molecule has 0 saturated carbocycles. The summed E-state index contributed by atoms with van der Waals surface area (Å²) in [6, 6.07) is 6.00. The van der Waals surface area contributed by atoms with Gasteiger partial charge in [-0.2, -0.15) is 10.2 Å². The van der Waals surface area contributed by atoms with Gasteiger partial charge in [-0.1, -0.05) is 18.5 Å². The lowest BCUT2D eigenvalue weighted by atomic mass is 10.0. The summed E-state index contributed by atoms with van der Waals surface area (Å²) < 4.78 is 13.3. The predicted molar refractivity (Wildman–Crippen MR) is 69.0 cm³/mol. The Balaban J connectivity index is 2.44. The van der Waals surface area contributed by atoms with E-state index in [9.17, 15) is 4.39 Å². The molecule has 1 aromatic heterocycles.